The lowest BCUT2D eigenvalue weighted by molar-refractivity contribution is 0.0697. The van der Waals surface area contributed by atoms with Crippen molar-refractivity contribution in [1.82, 2.24) is 9.78 Å². The number of nitrogens with zero attached hydrogens (tertiary/aromatic N) is 2. The Morgan fingerprint density at radius 1 is 1.47 bits per heavy atom. The van der Waals surface area contributed by atoms with Gasteiger partial charge in [0.2, 0.25) is 0 Å². The van der Waals surface area contributed by atoms with Gasteiger partial charge in [0.25, 0.3) is 0 Å². The topological polar surface area (TPSA) is 93.2 Å². The average Bonchev–Trinajstić information content (AvgIpc) is 2.77. The first-order chi connectivity index (χ1) is 9.06. The first-order valence-electron chi connectivity index (χ1n) is 5.91. The lowest BCUT2D eigenvalue weighted by Gasteiger charge is -2.09. The van der Waals surface area contributed by atoms with Gasteiger partial charge in [-0.1, -0.05) is 0 Å². The third-order valence-electron chi connectivity index (χ3n) is 2.77. The maximum Gasteiger partial charge on any atom is 0.335 e. The summed E-state index contributed by atoms with van der Waals surface area (Å²) in [5.74, 6) is -0.965. The van der Waals surface area contributed by atoms with E-state index in [1.165, 1.54) is 12.1 Å². The fraction of sp³-hybridized carbons (Fsp3) is 0.231. The molecule has 0 aliphatic carbocycles. The molecule has 0 atom stereocenters. The summed E-state index contributed by atoms with van der Waals surface area (Å²) in [6, 6.07) is 6.56. The number of aromatic carboxylic acids is 1. The second-order valence-electron chi connectivity index (χ2n) is 4.26. The summed E-state index contributed by atoms with van der Waals surface area (Å²) in [7, 11) is 1.87. The molecule has 6 nitrogen and oxygen atoms in total. The zero-order valence-electron chi connectivity index (χ0n) is 10.6. The number of aromatic nitrogens is 2. The molecule has 0 unspecified atom stereocenters. The minimum Gasteiger partial charge on any atom is -0.478 e. The number of hydrogen-bond donors (Lipinski definition) is 3. The number of nitrogens with one attached hydrogen (secondary N) is 1. The predicted molar refractivity (Wildman–Crippen MR) is 73.2 cm³/mol. The Bertz CT molecular complexity index is 592. The van der Waals surface area contributed by atoms with Crippen molar-refractivity contribution in [3.63, 3.8) is 0 Å². The lowest BCUT2D eigenvalue weighted by atomic mass is 10.1. The normalized spacial score (nSPS) is 10.4. The Balaban J connectivity index is 1.99. The first kappa shape index (κ1) is 12.9. The number of carboxylic acid groups (broad SMARTS) is 1. The fourth-order valence-corrected chi connectivity index (χ4v) is 1.76. The molecular weight excluding hydrogens is 244 g/mol. The van der Waals surface area contributed by atoms with Crippen LogP contribution < -0.4 is 11.1 Å². The van der Waals surface area contributed by atoms with Crippen molar-refractivity contribution >= 4 is 17.3 Å². The molecular formula is C13H16N4O2. The highest BCUT2D eigenvalue weighted by Gasteiger charge is 2.06. The molecule has 0 spiro atoms. The summed E-state index contributed by atoms with van der Waals surface area (Å²) in [6.45, 7) is 0.643. The predicted octanol–water partition coefficient (Wildman–Crippen LogP) is 1.36. The molecule has 100 valence electrons. The molecule has 19 heavy (non-hydrogen) atoms. The molecule has 1 aromatic carbocycles. The van der Waals surface area contributed by atoms with Crippen LogP contribution in [0, 0.1) is 0 Å². The number of nitrogen functional groups attached to an aromatic ring is 1. The molecule has 0 fully saturated rings. The summed E-state index contributed by atoms with van der Waals surface area (Å²) in [6.07, 6.45) is 2.63. The van der Waals surface area contributed by atoms with Crippen molar-refractivity contribution in [3.05, 3.63) is 41.7 Å². The molecule has 2 aromatic rings. The standard InChI is InChI=1S/C13H16N4O2/c1-17-7-5-10(16-17)4-6-15-12-8-9(13(18)19)2-3-11(12)14/h2-3,5,7-8,15H,4,6,14H2,1H3,(H,18,19). The summed E-state index contributed by atoms with van der Waals surface area (Å²) < 4.78 is 1.74. The van der Waals surface area contributed by atoms with Crippen LogP contribution >= 0.6 is 0 Å². The van der Waals surface area contributed by atoms with E-state index >= 15 is 0 Å². The van der Waals surface area contributed by atoms with E-state index in [0.717, 1.165) is 12.1 Å². The highest BCUT2D eigenvalue weighted by Crippen LogP contribution is 2.20. The highest BCUT2D eigenvalue weighted by molar-refractivity contribution is 5.90. The van der Waals surface area contributed by atoms with E-state index < -0.39 is 5.97 Å². The largest absolute Gasteiger partial charge is 0.478 e. The molecule has 0 saturated carbocycles. The number of aryl methyl sites for hydroxylation is 1. The minimum absolute atomic E-state index is 0.217. The fourth-order valence-electron chi connectivity index (χ4n) is 1.76. The lowest BCUT2D eigenvalue weighted by Crippen LogP contribution is -2.09. The second-order valence-corrected chi connectivity index (χ2v) is 4.26. The van der Waals surface area contributed by atoms with Gasteiger partial charge < -0.3 is 16.2 Å². The molecule has 1 aromatic heterocycles. The van der Waals surface area contributed by atoms with Gasteiger partial charge in [-0.2, -0.15) is 5.10 Å². The van der Waals surface area contributed by atoms with Crippen molar-refractivity contribution in [2.75, 3.05) is 17.6 Å². The zero-order chi connectivity index (χ0) is 13.8. The molecule has 0 aliphatic rings. The van der Waals surface area contributed by atoms with Crippen LogP contribution in [0.5, 0.6) is 0 Å². The van der Waals surface area contributed by atoms with Crippen LogP contribution in [-0.4, -0.2) is 27.4 Å². The Kier molecular flexibility index (Phi) is 3.70. The summed E-state index contributed by atoms with van der Waals surface area (Å²) in [5, 5.41) is 16.3. The maximum atomic E-state index is 10.9. The third-order valence-corrected chi connectivity index (χ3v) is 2.77. The quantitative estimate of drug-likeness (QED) is 0.706. The van der Waals surface area contributed by atoms with Crippen LogP contribution in [0.1, 0.15) is 16.1 Å². The molecule has 0 radical (unpaired) electrons. The summed E-state index contributed by atoms with van der Waals surface area (Å²) in [4.78, 5) is 10.9. The van der Waals surface area contributed by atoms with Crippen molar-refractivity contribution in [1.29, 1.82) is 0 Å². The van der Waals surface area contributed by atoms with Crippen molar-refractivity contribution in [2.45, 2.75) is 6.42 Å². The first-order valence-corrected chi connectivity index (χ1v) is 5.91. The van der Waals surface area contributed by atoms with E-state index in [1.54, 1.807) is 10.7 Å². The van der Waals surface area contributed by atoms with Crippen LogP contribution in [0.25, 0.3) is 0 Å². The molecule has 2 rings (SSSR count). The SMILES string of the molecule is Cn1ccc(CCNc2cc(C(=O)O)ccc2N)n1. The van der Waals surface area contributed by atoms with Gasteiger partial charge in [0.15, 0.2) is 0 Å². The monoisotopic (exact) mass is 260 g/mol. The number of carbonyl (C=O) groups is 1. The number of nitrogens with two attached hydrogens (primary N) is 1. The Morgan fingerprint density at radius 2 is 2.26 bits per heavy atom. The summed E-state index contributed by atoms with van der Waals surface area (Å²) in [5.41, 5.74) is 8.16. The van der Waals surface area contributed by atoms with Gasteiger partial charge >= 0.3 is 5.97 Å². The number of anilines is 2. The van der Waals surface area contributed by atoms with Crippen LogP contribution in [0.4, 0.5) is 11.4 Å². The van der Waals surface area contributed by atoms with E-state index in [9.17, 15) is 4.79 Å². The number of rotatable bonds is 5. The zero-order valence-corrected chi connectivity index (χ0v) is 10.6. The minimum atomic E-state index is -0.965. The molecule has 4 N–H and O–H groups in total. The van der Waals surface area contributed by atoms with Gasteiger partial charge in [0.05, 0.1) is 22.6 Å². The maximum absolute atomic E-state index is 10.9. The number of carboxylic acids is 1. The Labute approximate surface area is 110 Å². The van der Waals surface area contributed by atoms with E-state index in [2.05, 4.69) is 10.4 Å². The van der Waals surface area contributed by atoms with Crippen molar-refractivity contribution in [2.24, 2.45) is 7.05 Å². The smallest absolute Gasteiger partial charge is 0.335 e. The van der Waals surface area contributed by atoms with E-state index in [4.69, 9.17) is 10.8 Å². The van der Waals surface area contributed by atoms with Crippen molar-refractivity contribution < 1.29 is 9.90 Å². The van der Waals surface area contributed by atoms with Crippen LogP contribution in [-0.2, 0) is 13.5 Å². The number of hydrogen-bond acceptors (Lipinski definition) is 4. The van der Waals surface area contributed by atoms with Gasteiger partial charge in [-0.25, -0.2) is 4.79 Å². The molecule has 0 saturated heterocycles. The van der Waals surface area contributed by atoms with Crippen LogP contribution in [0.2, 0.25) is 0 Å². The molecule has 6 heteroatoms. The van der Waals surface area contributed by atoms with Crippen LogP contribution in [0.15, 0.2) is 30.5 Å². The summed E-state index contributed by atoms with van der Waals surface area (Å²) >= 11 is 0. The Morgan fingerprint density at radius 3 is 2.89 bits per heavy atom. The second kappa shape index (κ2) is 5.43. The van der Waals surface area contributed by atoms with Gasteiger partial charge in [0.1, 0.15) is 0 Å². The molecule has 0 amide bonds. The third kappa shape index (κ3) is 3.25. The van der Waals surface area contributed by atoms with Crippen molar-refractivity contribution in [3.8, 4) is 0 Å². The van der Waals surface area contributed by atoms with Gasteiger partial charge in [-0.05, 0) is 24.3 Å². The molecule has 1 heterocycles. The van der Waals surface area contributed by atoms with Gasteiger partial charge in [0, 0.05) is 26.2 Å². The van der Waals surface area contributed by atoms with Crippen LogP contribution in [0.3, 0.4) is 0 Å². The van der Waals surface area contributed by atoms with Gasteiger partial charge in [-0.3, -0.25) is 4.68 Å². The highest BCUT2D eigenvalue weighted by atomic mass is 16.4. The molecule has 0 bridgehead atoms. The van der Waals surface area contributed by atoms with Gasteiger partial charge in [-0.15, -0.1) is 0 Å². The molecule has 0 aliphatic heterocycles. The Hall–Kier alpha value is -2.50. The van der Waals surface area contributed by atoms with E-state index in [0.29, 0.717) is 17.9 Å². The number of benzene rings is 1. The average molecular weight is 260 g/mol. The van der Waals surface area contributed by atoms with E-state index in [-0.39, 0.29) is 5.56 Å². The van der Waals surface area contributed by atoms with E-state index in [1.807, 2.05) is 19.3 Å².